The molecule has 0 unspecified atom stereocenters. The van der Waals surface area contributed by atoms with E-state index in [1.807, 2.05) is 19.9 Å². The van der Waals surface area contributed by atoms with Gasteiger partial charge in [-0.1, -0.05) is 5.92 Å². The van der Waals surface area contributed by atoms with E-state index in [4.69, 9.17) is 10.8 Å². The first-order chi connectivity index (χ1) is 10.6. The molecule has 3 heterocycles. The second-order valence-electron chi connectivity index (χ2n) is 4.73. The number of aromatic nitrogens is 2. The summed E-state index contributed by atoms with van der Waals surface area (Å²) in [6, 6.07) is 3.60. The number of thiophene rings is 1. The number of aryl methyl sites for hydroxylation is 2. The Balaban J connectivity index is 2.12. The highest BCUT2D eigenvalue weighted by atomic mass is 32.1. The monoisotopic (exact) mass is 311 g/mol. The highest BCUT2D eigenvalue weighted by molar-refractivity contribution is 7.20. The van der Waals surface area contributed by atoms with E-state index in [0.29, 0.717) is 16.5 Å². The zero-order chi connectivity index (χ0) is 15.7. The van der Waals surface area contributed by atoms with Crippen molar-refractivity contribution in [1.29, 1.82) is 0 Å². The fourth-order valence-electron chi connectivity index (χ4n) is 2.28. The highest BCUT2D eigenvalue weighted by Gasteiger charge is 2.19. The summed E-state index contributed by atoms with van der Waals surface area (Å²) in [5.41, 5.74) is 1.69. The van der Waals surface area contributed by atoms with Crippen molar-refractivity contribution in [2.75, 3.05) is 6.54 Å². The summed E-state index contributed by atoms with van der Waals surface area (Å²) in [4.78, 5) is 22.5. The number of terminal acetylenes is 1. The molecule has 3 aromatic heterocycles. The van der Waals surface area contributed by atoms with Gasteiger partial charge < -0.3 is 9.73 Å². The number of hydrogen-bond acceptors (Lipinski definition) is 5. The SMILES string of the molecule is C#CCNC(=O)c1sc2nc(-c3ccco3)nc(C)c2c1C. The van der Waals surface area contributed by atoms with Crippen LogP contribution in [0.15, 0.2) is 22.8 Å². The van der Waals surface area contributed by atoms with Crippen LogP contribution in [0.1, 0.15) is 20.9 Å². The zero-order valence-corrected chi connectivity index (χ0v) is 13.0. The Labute approximate surface area is 131 Å². The Morgan fingerprint density at radius 2 is 2.27 bits per heavy atom. The van der Waals surface area contributed by atoms with Crippen LogP contribution in [0.3, 0.4) is 0 Å². The average molecular weight is 311 g/mol. The lowest BCUT2D eigenvalue weighted by Crippen LogP contribution is -2.23. The lowest BCUT2D eigenvalue weighted by Gasteiger charge is -2.01. The third kappa shape index (κ3) is 2.36. The molecule has 22 heavy (non-hydrogen) atoms. The smallest absolute Gasteiger partial charge is 0.262 e. The lowest BCUT2D eigenvalue weighted by molar-refractivity contribution is 0.0962. The highest BCUT2D eigenvalue weighted by Crippen LogP contribution is 2.32. The van der Waals surface area contributed by atoms with Gasteiger partial charge in [-0.15, -0.1) is 17.8 Å². The van der Waals surface area contributed by atoms with Crippen LogP contribution >= 0.6 is 11.3 Å². The van der Waals surface area contributed by atoms with Crippen molar-refractivity contribution in [3.05, 3.63) is 34.5 Å². The molecule has 1 N–H and O–H groups in total. The maximum absolute atomic E-state index is 12.2. The number of rotatable bonds is 3. The van der Waals surface area contributed by atoms with Gasteiger partial charge in [0.2, 0.25) is 0 Å². The first kappa shape index (κ1) is 14.3. The van der Waals surface area contributed by atoms with Gasteiger partial charge in [0.25, 0.3) is 5.91 Å². The molecule has 0 aliphatic heterocycles. The molecule has 0 saturated carbocycles. The van der Waals surface area contributed by atoms with Gasteiger partial charge in [0, 0.05) is 5.39 Å². The number of furan rings is 1. The quantitative estimate of drug-likeness (QED) is 0.755. The number of carbonyl (C=O) groups is 1. The molecule has 110 valence electrons. The van der Waals surface area contributed by atoms with Gasteiger partial charge in [0.15, 0.2) is 11.6 Å². The van der Waals surface area contributed by atoms with E-state index in [-0.39, 0.29) is 12.5 Å². The molecule has 3 aromatic rings. The molecule has 0 saturated heterocycles. The number of nitrogens with zero attached hydrogens (tertiary/aromatic N) is 2. The predicted octanol–water partition coefficient (Wildman–Crippen LogP) is 2.93. The van der Waals surface area contributed by atoms with Crippen molar-refractivity contribution in [1.82, 2.24) is 15.3 Å². The van der Waals surface area contributed by atoms with Crippen molar-refractivity contribution in [2.45, 2.75) is 13.8 Å². The molecule has 0 aromatic carbocycles. The van der Waals surface area contributed by atoms with E-state index in [0.717, 1.165) is 21.5 Å². The van der Waals surface area contributed by atoms with E-state index in [2.05, 4.69) is 21.2 Å². The number of nitrogens with one attached hydrogen (secondary N) is 1. The minimum Gasteiger partial charge on any atom is -0.461 e. The van der Waals surface area contributed by atoms with Crippen molar-refractivity contribution < 1.29 is 9.21 Å². The van der Waals surface area contributed by atoms with E-state index >= 15 is 0 Å². The van der Waals surface area contributed by atoms with Gasteiger partial charge in [-0.25, -0.2) is 9.97 Å². The summed E-state index contributed by atoms with van der Waals surface area (Å²) >= 11 is 1.33. The van der Waals surface area contributed by atoms with Gasteiger partial charge in [0.1, 0.15) is 4.83 Å². The molecule has 5 nitrogen and oxygen atoms in total. The Morgan fingerprint density at radius 1 is 1.45 bits per heavy atom. The van der Waals surface area contributed by atoms with E-state index < -0.39 is 0 Å². The Hall–Kier alpha value is -2.65. The zero-order valence-electron chi connectivity index (χ0n) is 12.1. The number of hydrogen-bond donors (Lipinski definition) is 1. The molecule has 0 aliphatic rings. The standard InChI is InChI=1S/C16H13N3O2S/c1-4-7-17-15(20)13-9(2)12-10(3)18-14(19-16(12)22-13)11-6-5-8-21-11/h1,5-6,8H,7H2,2-3H3,(H,17,20). The number of fused-ring (bicyclic) bond motifs is 1. The first-order valence-corrected chi connectivity index (χ1v) is 7.46. The van der Waals surface area contributed by atoms with Crippen LogP contribution in [0.25, 0.3) is 21.8 Å². The molecule has 0 fully saturated rings. The minimum atomic E-state index is -0.183. The Bertz CT molecular complexity index is 888. The lowest BCUT2D eigenvalue weighted by atomic mass is 10.1. The van der Waals surface area contributed by atoms with Gasteiger partial charge >= 0.3 is 0 Å². The molecular formula is C16H13N3O2S. The van der Waals surface area contributed by atoms with Crippen molar-refractivity contribution in [3.8, 4) is 23.9 Å². The topological polar surface area (TPSA) is 68.0 Å². The van der Waals surface area contributed by atoms with Gasteiger partial charge in [-0.3, -0.25) is 4.79 Å². The summed E-state index contributed by atoms with van der Waals surface area (Å²) in [7, 11) is 0. The van der Waals surface area contributed by atoms with Gasteiger partial charge in [-0.05, 0) is 31.5 Å². The van der Waals surface area contributed by atoms with Gasteiger partial charge in [-0.2, -0.15) is 0 Å². The molecule has 6 heteroatoms. The number of carbonyl (C=O) groups excluding carboxylic acids is 1. The summed E-state index contributed by atoms with van der Waals surface area (Å²) in [6.45, 7) is 4.00. The molecule has 0 radical (unpaired) electrons. The largest absolute Gasteiger partial charge is 0.461 e. The molecule has 3 rings (SSSR count). The van der Waals surface area contributed by atoms with Crippen molar-refractivity contribution in [3.63, 3.8) is 0 Å². The third-order valence-electron chi connectivity index (χ3n) is 3.27. The van der Waals surface area contributed by atoms with Crippen LogP contribution < -0.4 is 5.32 Å². The second-order valence-corrected chi connectivity index (χ2v) is 5.73. The van der Waals surface area contributed by atoms with Gasteiger partial charge in [0.05, 0.1) is 23.4 Å². The molecule has 0 spiro atoms. The predicted molar refractivity (Wildman–Crippen MR) is 85.8 cm³/mol. The maximum atomic E-state index is 12.2. The van der Waals surface area contributed by atoms with Crippen LogP contribution in [0.2, 0.25) is 0 Å². The summed E-state index contributed by atoms with van der Waals surface area (Å²) < 4.78 is 5.34. The van der Waals surface area contributed by atoms with Crippen molar-refractivity contribution >= 4 is 27.5 Å². The van der Waals surface area contributed by atoms with E-state index in [1.54, 1.807) is 12.3 Å². The van der Waals surface area contributed by atoms with Crippen molar-refractivity contribution in [2.24, 2.45) is 0 Å². The first-order valence-electron chi connectivity index (χ1n) is 6.65. The summed E-state index contributed by atoms with van der Waals surface area (Å²) in [5.74, 6) is 3.34. The summed E-state index contributed by atoms with van der Waals surface area (Å²) in [5, 5.41) is 3.59. The Kier molecular flexibility index (Phi) is 3.65. The normalized spacial score (nSPS) is 10.6. The van der Waals surface area contributed by atoms with E-state index in [1.165, 1.54) is 11.3 Å². The molecular weight excluding hydrogens is 298 g/mol. The average Bonchev–Trinajstić information content (AvgIpc) is 3.13. The maximum Gasteiger partial charge on any atom is 0.262 e. The fraction of sp³-hybridized carbons (Fsp3) is 0.188. The second kappa shape index (κ2) is 5.62. The van der Waals surface area contributed by atoms with Crippen LogP contribution in [0, 0.1) is 26.2 Å². The van der Waals surface area contributed by atoms with Crippen LogP contribution in [-0.2, 0) is 0 Å². The molecule has 1 amide bonds. The third-order valence-corrected chi connectivity index (χ3v) is 4.45. The Morgan fingerprint density at radius 3 is 2.95 bits per heavy atom. The fourth-order valence-corrected chi connectivity index (χ4v) is 3.43. The van der Waals surface area contributed by atoms with Crippen LogP contribution in [0.4, 0.5) is 0 Å². The molecule has 0 aliphatic carbocycles. The molecule has 0 atom stereocenters. The van der Waals surface area contributed by atoms with Crippen LogP contribution in [-0.4, -0.2) is 22.4 Å². The van der Waals surface area contributed by atoms with E-state index in [9.17, 15) is 4.79 Å². The molecule has 0 bridgehead atoms. The number of amides is 1. The minimum absolute atomic E-state index is 0.183. The summed E-state index contributed by atoms with van der Waals surface area (Å²) in [6.07, 6.45) is 6.75. The van der Waals surface area contributed by atoms with Crippen LogP contribution in [0.5, 0.6) is 0 Å².